The third-order valence-corrected chi connectivity index (χ3v) is 4.51. The minimum absolute atomic E-state index is 0.00612. The minimum atomic E-state index is -3.32. The van der Waals surface area contributed by atoms with Gasteiger partial charge in [0, 0.05) is 6.04 Å². The van der Waals surface area contributed by atoms with Gasteiger partial charge in [-0.25, -0.2) is 9.65 Å². The Morgan fingerprint density at radius 1 is 1.44 bits per heavy atom. The molecule has 0 spiro atoms. The third-order valence-electron chi connectivity index (χ3n) is 2.02. The molecule has 0 saturated heterocycles. The summed E-state index contributed by atoms with van der Waals surface area (Å²) in [6, 6.07) is 5.58. The summed E-state index contributed by atoms with van der Waals surface area (Å²) in [6.07, 6.45) is 0. The highest BCUT2D eigenvalue weighted by Crippen LogP contribution is 2.46. The van der Waals surface area contributed by atoms with Gasteiger partial charge in [0.15, 0.2) is 0 Å². The smallest absolute Gasteiger partial charge is 0.412 e. The second kappa shape index (κ2) is 6.71. The van der Waals surface area contributed by atoms with Crippen LogP contribution >= 0.6 is 23.7 Å². The first-order chi connectivity index (χ1) is 8.36. The van der Waals surface area contributed by atoms with Crippen molar-refractivity contribution in [3.8, 4) is 5.75 Å². The van der Waals surface area contributed by atoms with E-state index in [2.05, 4.69) is 21.0 Å². The molecule has 0 fully saturated rings. The summed E-state index contributed by atoms with van der Waals surface area (Å²) in [4.78, 5) is 0. The molecule has 102 valence electrons. The Balaban J connectivity index is 2.92. The lowest BCUT2D eigenvalue weighted by Gasteiger charge is -2.21. The van der Waals surface area contributed by atoms with Crippen LogP contribution in [0.25, 0.3) is 0 Å². The molecule has 0 aliphatic heterocycles. The van der Waals surface area contributed by atoms with E-state index in [4.69, 9.17) is 9.05 Å². The molecule has 0 aromatic heterocycles. The van der Waals surface area contributed by atoms with Crippen LogP contribution in [0, 0.1) is 6.92 Å². The van der Waals surface area contributed by atoms with Crippen molar-refractivity contribution < 1.29 is 13.6 Å². The fourth-order valence-electron chi connectivity index (χ4n) is 1.39. The second-order valence-electron chi connectivity index (χ2n) is 4.22. The Labute approximate surface area is 117 Å². The van der Waals surface area contributed by atoms with Crippen molar-refractivity contribution in [1.82, 2.24) is 5.09 Å². The van der Waals surface area contributed by atoms with Crippen LogP contribution in [-0.4, -0.2) is 12.6 Å². The van der Waals surface area contributed by atoms with Crippen molar-refractivity contribution in [3.63, 3.8) is 0 Å². The topological polar surface area (TPSA) is 47.6 Å². The maximum atomic E-state index is 12.5. The molecule has 0 aliphatic rings. The molecular formula is C12H19BrNO3P. The quantitative estimate of drug-likeness (QED) is 0.788. The number of hydrogen-bond acceptors (Lipinski definition) is 3. The summed E-state index contributed by atoms with van der Waals surface area (Å²) in [5.41, 5.74) is 1.09. The van der Waals surface area contributed by atoms with E-state index < -0.39 is 7.75 Å². The molecule has 1 N–H and O–H groups in total. The standard InChI is InChI=1S/C12H19BrNO3P/c1-5-16-18(15,14-9(2)3)17-12-7-6-10(4)8-11(12)13/h6-9H,5H2,1-4H3,(H,14,15). The van der Waals surface area contributed by atoms with Gasteiger partial charge in [-0.1, -0.05) is 6.07 Å². The normalized spacial score (nSPS) is 14.6. The maximum Gasteiger partial charge on any atom is 0.458 e. The summed E-state index contributed by atoms with van der Waals surface area (Å²) < 4.78 is 24.0. The molecule has 1 aromatic carbocycles. The predicted octanol–water partition coefficient (Wildman–Crippen LogP) is 4.28. The Morgan fingerprint density at radius 2 is 2.11 bits per heavy atom. The lowest BCUT2D eigenvalue weighted by Crippen LogP contribution is -2.23. The Hall–Kier alpha value is -0.350. The van der Waals surface area contributed by atoms with Crippen molar-refractivity contribution >= 4 is 23.7 Å². The van der Waals surface area contributed by atoms with E-state index in [1.165, 1.54) is 0 Å². The summed E-state index contributed by atoms with van der Waals surface area (Å²) in [6.45, 7) is 7.85. The van der Waals surface area contributed by atoms with E-state index in [0.717, 1.165) is 10.0 Å². The largest absolute Gasteiger partial charge is 0.458 e. The van der Waals surface area contributed by atoms with Crippen molar-refractivity contribution in [2.45, 2.75) is 33.7 Å². The van der Waals surface area contributed by atoms with Gasteiger partial charge in [0.25, 0.3) is 0 Å². The SMILES string of the molecule is CCOP(=O)(NC(C)C)Oc1ccc(C)cc1Br. The predicted molar refractivity (Wildman–Crippen MR) is 77.0 cm³/mol. The van der Waals surface area contributed by atoms with E-state index in [1.54, 1.807) is 13.0 Å². The molecule has 0 aliphatic carbocycles. The maximum absolute atomic E-state index is 12.5. The van der Waals surface area contributed by atoms with Gasteiger partial charge in [-0.2, -0.15) is 0 Å². The highest BCUT2D eigenvalue weighted by atomic mass is 79.9. The molecule has 0 amide bonds. The zero-order valence-electron chi connectivity index (χ0n) is 11.1. The first kappa shape index (κ1) is 15.7. The Kier molecular flexibility index (Phi) is 5.86. The van der Waals surface area contributed by atoms with Crippen LogP contribution in [0.3, 0.4) is 0 Å². The van der Waals surface area contributed by atoms with E-state index in [9.17, 15) is 4.57 Å². The lowest BCUT2D eigenvalue weighted by molar-refractivity contribution is 0.265. The molecule has 4 nitrogen and oxygen atoms in total. The summed E-state index contributed by atoms with van der Waals surface area (Å²) >= 11 is 3.39. The lowest BCUT2D eigenvalue weighted by atomic mass is 10.2. The van der Waals surface area contributed by atoms with Gasteiger partial charge >= 0.3 is 7.75 Å². The zero-order chi connectivity index (χ0) is 13.8. The highest BCUT2D eigenvalue weighted by Gasteiger charge is 2.27. The fraction of sp³-hybridized carbons (Fsp3) is 0.500. The molecule has 1 aromatic rings. The van der Waals surface area contributed by atoms with Crippen LogP contribution in [-0.2, 0) is 9.09 Å². The van der Waals surface area contributed by atoms with Gasteiger partial charge in [-0.15, -0.1) is 0 Å². The number of rotatable bonds is 6. The van der Waals surface area contributed by atoms with Gasteiger partial charge in [0.2, 0.25) is 0 Å². The first-order valence-electron chi connectivity index (χ1n) is 5.84. The summed E-state index contributed by atoms with van der Waals surface area (Å²) in [5, 5.41) is 2.84. The summed E-state index contributed by atoms with van der Waals surface area (Å²) in [7, 11) is -3.32. The van der Waals surface area contributed by atoms with E-state index in [1.807, 2.05) is 32.9 Å². The van der Waals surface area contributed by atoms with Crippen molar-refractivity contribution in [2.75, 3.05) is 6.61 Å². The number of halogens is 1. The van der Waals surface area contributed by atoms with E-state index in [0.29, 0.717) is 12.4 Å². The van der Waals surface area contributed by atoms with Crippen molar-refractivity contribution in [2.24, 2.45) is 0 Å². The molecule has 0 radical (unpaired) electrons. The molecule has 0 bridgehead atoms. The van der Waals surface area contributed by atoms with Crippen LogP contribution in [0.2, 0.25) is 0 Å². The van der Waals surface area contributed by atoms with Crippen LogP contribution in [0.5, 0.6) is 5.75 Å². The van der Waals surface area contributed by atoms with Crippen LogP contribution < -0.4 is 9.61 Å². The van der Waals surface area contributed by atoms with Crippen LogP contribution in [0.1, 0.15) is 26.3 Å². The molecule has 0 heterocycles. The number of nitrogens with one attached hydrogen (secondary N) is 1. The molecule has 1 atom stereocenters. The van der Waals surface area contributed by atoms with Gasteiger partial charge in [-0.3, -0.25) is 4.52 Å². The van der Waals surface area contributed by atoms with E-state index >= 15 is 0 Å². The molecule has 18 heavy (non-hydrogen) atoms. The molecule has 1 unspecified atom stereocenters. The van der Waals surface area contributed by atoms with E-state index in [-0.39, 0.29) is 6.04 Å². The van der Waals surface area contributed by atoms with Crippen molar-refractivity contribution in [3.05, 3.63) is 28.2 Å². The Bertz CT molecular complexity index is 451. The van der Waals surface area contributed by atoms with Crippen LogP contribution in [0.4, 0.5) is 0 Å². The molecular weight excluding hydrogens is 317 g/mol. The van der Waals surface area contributed by atoms with Crippen molar-refractivity contribution in [1.29, 1.82) is 0 Å². The number of hydrogen-bond donors (Lipinski definition) is 1. The number of aryl methyl sites for hydroxylation is 1. The number of benzene rings is 1. The average Bonchev–Trinajstić information content (AvgIpc) is 2.21. The average molecular weight is 336 g/mol. The molecule has 0 saturated carbocycles. The monoisotopic (exact) mass is 335 g/mol. The molecule has 1 rings (SSSR count). The third kappa shape index (κ3) is 4.73. The fourth-order valence-corrected chi connectivity index (χ4v) is 3.66. The van der Waals surface area contributed by atoms with Gasteiger partial charge in [0.1, 0.15) is 5.75 Å². The van der Waals surface area contributed by atoms with Gasteiger partial charge < -0.3 is 4.52 Å². The van der Waals surface area contributed by atoms with Gasteiger partial charge in [-0.05, 0) is 61.3 Å². The minimum Gasteiger partial charge on any atom is -0.412 e. The Morgan fingerprint density at radius 3 is 2.61 bits per heavy atom. The highest BCUT2D eigenvalue weighted by molar-refractivity contribution is 9.10. The molecule has 6 heteroatoms. The van der Waals surface area contributed by atoms with Gasteiger partial charge in [0.05, 0.1) is 11.1 Å². The zero-order valence-corrected chi connectivity index (χ0v) is 13.5. The second-order valence-corrected chi connectivity index (χ2v) is 6.77. The summed E-state index contributed by atoms with van der Waals surface area (Å²) in [5.74, 6) is 0.505. The first-order valence-corrected chi connectivity index (χ1v) is 8.18. The van der Waals surface area contributed by atoms with Crippen LogP contribution in [0.15, 0.2) is 22.7 Å².